The van der Waals surface area contributed by atoms with Gasteiger partial charge in [-0.2, -0.15) is 0 Å². The zero-order chi connectivity index (χ0) is 17.3. The average Bonchev–Trinajstić information content (AvgIpc) is 2.60. The Hall–Kier alpha value is -2.68. The van der Waals surface area contributed by atoms with Gasteiger partial charge in [-0.15, -0.1) is 0 Å². The highest BCUT2D eigenvalue weighted by Gasteiger charge is 2.19. The fourth-order valence-corrected chi connectivity index (χ4v) is 2.77. The summed E-state index contributed by atoms with van der Waals surface area (Å²) in [7, 11) is 1.82. The number of carbonyl (C=O) groups excluding carboxylic acids is 1. The number of fused-ring (bicyclic) bond motifs is 1. The number of benzene rings is 2. The first kappa shape index (κ1) is 16.2. The van der Waals surface area contributed by atoms with Crippen LogP contribution in [0.5, 0.6) is 0 Å². The van der Waals surface area contributed by atoms with Gasteiger partial charge in [-0.1, -0.05) is 48.5 Å². The van der Waals surface area contributed by atoms with Crippen molar-refractivity contribution in [3.8, 4) is 11.3 Å². The van der Waals surface area contributed by atoms with Crippen molar-refractivity contribution in [3.63, 3.8) is 0 Å². The van der Waals surface area contributed by atoms with Gasteiger partial charge in [0, 0.05) is 24.0 Å². The standard InChI is InChI=1S/C21H22N2O/c1-14(2)23(4)21(24)19-13-16-10-6-8-12-18(16)20(22-19)17-11-7-5-9-15(17)3/h5-14H,1-4H3. The van der Waals surface area contributed by atoms with Crippen LogP contribution in [0.3, 0.4) is 0 Å². The number of rotatable bonds is 3. The Bertz CT molecular complexity index is 899. The van der Waals surface area contributed by atoms with Crippen molar-refractivity contribution in [2.75, 3.05) is 7.05 Å². The third-order valence-corrected chi connectivity index (χ3v) is 4.45. The Morgan fingerprint density at radius 1 is 1.04 bits per heavy atom. The second-order valence-corrected chi connectivity index (χ2v) is 6.40. The van der Waals surface area contributed by atoms with Gasteiger partial charge in [0.2, 0.25) is 0 Å². The number of carbonyl (C=O) groups is 1. The van der Waals surface area contributed by atoms with Crippen LogP contribution in [0.25, 0.3) is 22.0 Å². The summed E-state index contributed by atoms with van der Waals surface area (Å²) in [5, 5.41) is 2.10. The molecule has 3 rings (SSSR count). The molecule has 0 N–H and O–H groups in total. The monoisotopic (exact) mass is 318 g/mol. The maximum absolute atomic E-state index is 12.8. The normalized spacial score (nSPS) is 11.0. The number of aromatic nitrogens is 1. The fourth-order valence-electron chi connectivity index (χ4n) is 2.77. The van der Waals surface area contributed by atoms with Crippen molar-refractivity contribution in [1.29, 1.82) is 0 Å². The molecule has 1 aromatic heterocycles. The van der Waals surface area contributed by atoms with Crippen LogP contribution in [-0.2, 0) is 0 Å². The van der Waals surface area contributed by atoms with Crippen molar-refractivity contribution in [2.24, 2.45) is 0 Å². The van der Waals surface area contributed by atoms with Gasteiger partial charge in [0.15, 0.2) is 0 Å². The van der Waals surface area contributed by atoms with E-state index in [2.05, 4.69) is 25.1 Å². The molecule has 3 heteroatoms. The van der Waals surface area contributed by atoms with Gasteiger partial charge in [0.1, 0.15) is 5.69 Å². The Morgan fingerprint density at radius 2 is 1.71 bits per heavy atom. The third kappa shape index (κ3) is 2.90. The van der Waals surface area contributed by atoms with Crippen LogP contribution in [0.2, 0.25) is 0 Å². The van der Waals surface area contributed by atoms with Crippen molar-refractivity contribution >= 4 is 16.7 Å². The molecule has 0 radical (unpaired) electrons. The molecule has 0 spiro atoms. The van der Waals surface area contributed by atoms with E-state index in [0.29, 0.717) is 5.69 Å². The molecule has 0 aliphatic carbocycles. The molecular weight excluding hydrogens is 296 g/mol. The highest BCUT2D eigenvalue weighted by molar-refractivity contribution is 6.01. The zero-order valence-corrected chi connectivity index (χ0v) is 14.6. The van der Waals surface area contributed by atoms with Crippen LogP contribution >= 0.6 is 0 Å². The molecule has 0 saturated carbocycles. The first-order valence-electron chi connectivity index (χ1n) is 8.22. The summed E-state index contributed by atoms with van der Waals surface area (Å²) in [6.45, 7) is 6.07. The zero-order valence-electron chi connectivity index (χ0n) is 14.6. The molecule has 0 unspecified atom stereocenters. The molecule has 0 aliphatic heterocycles. The van der Waals surface area contributed by atoms with Crippen molar-refractivity contribution in [3.05, 3.63) is 65.9 Å². The molecule has 1 heterocycles. The predicted octanol–water partition coefficient (Wildman–Crippen LogP) is 4.69. The maximum atomic E-state index is 12.8. The minimum absolute atomic E-state index is 0.0504. The number of pyridine rings is 1. The van der Waals surface area contributed by atoms with E-state index < -0.39 is 0 Å². The summed E-state index contributed by atoms with van der Waals surface area (Å²) in [6, 6.07) is 18.3. The van der Waals surface area contributed by atoms with Crippen molar-refractivity contribution in [1.82, 2.24) is 9.88 Å². The average molecular weight is 318 g/mol. The summed E-state index contributed by atoms with van der Waals surface area (Å²) in [5.74, 6) is -0.0504. The fraction of sp³-hybridized carbons (Fsp3) is 0.238. The van der Waals surface area contributed by atoms with E-state index in [-0.39, 0.29) is 11.9 Å². The van der Waals surface area contributed by atoms with E-state index in [9.17, 15) is 4.79 Å². The Kier molecular flexibility index (Phi) is 4.34. The molecule has 0 atom stereocenters. The third-order valence-electron chi connectivity index (χ3n) is 4.45. The molecule has 0 fully saturated rings. The first-order valence-corrected chi connectivity index (χ1v) is 8.22. The second kappa shape index (κ2) is 6.44. The van der Waals surface area contributed by atoms with Crippen molar-refractivity contribution in [2.45, 2.75) is 26.8 Å². The lowest BCUT2D eigenvalue weighted by Crippen LogP contribution is -2.33. The van der Waals surface area contributed by atoms with E-state index >= 15 is 0 Å². The number of hydrogen-bond donors (Lipinski definition) is 0. The summed E-state index contributed by atoms with van der Waals surface area (Å²) in [4.78, 5) is 19.2. The van der Waals surface area contributed by atoms with E-state index in [1.807, 2.05) is 57.3 Å². The summed E-state index contributed by atoms with van der Waals surface area (Å²) < 4.78 is 0. The molecule has 3 aromatic rings. The summed E-state index contributed by atoms with van der Waals surface area (Å²) in [5.41, 5.74) is 3.57. The van der Waals surface area contributed by atoms with Gasteiger partial charge in [-0.3, -0.25) is 4.79 Å². The summed E-state index contributed by atoms with van der Waals surface area (Å²) in [6.07, 6.45) is 0. The predicted molar refractivity (Wildman–Crippen MR) is 99.1 cm³/mol. The maximum Gasteiger partial charge on any atom is 0.272 e. The lowest BCUT2D eigenvalue weighted by molar-refractivity contribution is 0.0749. The lowest BCUT2D eigenvalue weighted by Gasteiger charge is -2.21. The molecule has 122 valence electrons. The van der Waals surface area contributed by atoms with E-state index in [1.165, 1.54) is 0 Å². The van der Waals surface area contributed by atoms with Crippen molar-refractivity contribution < 1.29 is 4.79 Å². The van der Waals surface area contributed by atoms with E-state index in [4.69, 9.17) is 4.98 Å². The molecule has 0 bridgehead atoms. The van der Waals surface area contributed by atoms with Gasteiger partial charge < -0.3 is 4.90 Å². The topological polar surface area (TPSA) is 33.2 Å². The number of nitrogens with zero attached hydrogens (tertiary/aromatic N) is 2. The highest BCUT2D eigenvalue weighted by atomic mass is 16.2. The van der Waals surface area contributed by atoms with E-state index in [0.717, 1.165) is 27.6 Å². The highest BCUT2D eigenvalue weighted by Crippen LogP contribution is 2.30. The molecule has 3 nitrogen and oxygen atoms in total. The van der Waals surface area contributed by atoms with Crippen LogP contribution in [0.15, 0.2) is 54.6 Å². The van der Waals surface area contributed by atoms with Crippen LogP contribution in [0, 0.1) is 6.92 Å². The second-order valence-electron chi connectivity index (χ2n) is 6.40. The first-order chi connectivity index (χ1) is 11.5. The molecule has 0 saturated heterocycles. The van der Waals surface area contributed by atoms with Gasteiger partial charge in [-0.05, 0) is 37.8 Å². The SMILES string of the molecule is Cc1ccccc1-c1nc(C(=O)N(C)C(C)C)cc2ccccc12. The molecule has 2 aromatic carbocycles. The quantitative estimate of drug-likeness (QED) is 0.702. The van der Waals surface area contributed by atoms with E-state index in [1.54, 1.807) is 4.90 Å². The van der Waals surface area contributed by atoms with Crippen LogP contribution in [0.1, 0.15) is 29.9 Å². The molecule has 1 amide bonds. The van der Waals surface area contributed by atoms with Gasteiger partial charge in [0.05, 0.1) is 5.69 Å². The Labute approximate surface area is 143 Å². The van der Waals surface area contributed by atoms with Crippen LogP contribution < -0.4 is 0 Å². The molecule has 24 heavy (non-hydrogen) atoms. The summed E-state index contributed by atoms with van der Waals surface area (Å²) >= 11 is 0. The minimum Gasteiger partial charge on any atom is -0.338 e. The lowest BCUT2D eigenvalue weighted by atomic mass is 9.99. The van der Waals surface area contributed by atoms with Gasteiger partial charge in [0.25, 0.3) is 5.91 Å². The Morgan fingerprint density at radius 3 is 2.42 bits per heavy atom. The molecular formula is C21H22N2O. The minimum atomic E-state index is -0.0504. The van der Waals surface area contributed by atoms with Crippen LogP contribution in [0.4, 0.5) is 0 Å². The number of hydrogen-bond acceptors (Lipinski definition) is 2. The van der Waals surface area contributed by atoms with Gasteiger partial charge >= 0.3 is 0 Å². The smallest absolute Gasteiger partial charge is 0.272 e. The number of aryl methyl sites for hydroxylation is 1. The number of amides is 1. The van der Waals surface area contributed by atoms with Gasteiger partial charge in [-0.25, -0.2) is 4.98 Å². The Balaban J connectivity index is 2.25. The van der Waals surface area contributed by atoms with Crippen LogP contribution in [-0.4, -0.2) is 28.9 Å². The largest absolute Gasteiger partial charge is 0.338 e. The molecule has 0 aliphatic rings.